The second kappa shape index (κ2) is 28.1. The molecular weight excluding hydrogens is 793 g/mol. The number of ether oxygens (including phenoxy) is 1. The predicted octanol–water partition coefficient (Wildman–Crippen LogP) is 16.8. The highest BCUT2D eigenvalue weighted by Gasteiger charge is 2.26. The molecule has 0 amide bonds. The van der Waals surface area contributed by atoms with E-state index < -0.39 is 12.2 Å². The van der Waals surface area contributed by atoms with Crippen LogP contribution in [0, 0.1) is 0 Å². The van der Waals surface area contributed by atoms with Gasteiger partial charge < -0.3 is 4.74 Å². The Labute approximate surface area is 393 Å². The molecule has 2 unspecified atom stereocenters. The normalized spacial score (nSPS) is 12.4. The van der Waals surface area contributed by atoms with Crippen LogP contribution in [0.5, 0.6) is 0 Å². The topological polar surface area (TPSA) is 60.8 Å². The molecule has 2 atom stereocenters. The van der Waals surface area contributed by atoms with E-state index in [4.69, 9.17) is 24.7 Å². The molecule has 2 heterocycles. The quantitative estimate of drug-likeness (QED) is 0.0422. The van der Waals surface area contributed by atoms with Gasteiger partial charge in [-0.1, -0.05) is 215 Å². The summed E-state index contributed by atoms with van der Waals surface area (Å²) in [5.74, 6) is 0. The zero-order valence-electron chi connectivity index (χ0n) is 40.5. The van der Waals surface area contributed by atoms with Crippen LogP contribution < -0.4 is 0 Å². The van der Waals surface area contributed by atoms with E-state index in [-0.39, 0.29) is 0 Å². The van der Waals surface area contributed by atoms with E-state index in [1.807, 2.05) is 24.8 Å². The molecular formula is C60H78N4O. The number of nitrogens with zero attached hydrogens (tertiary/aromatic N) is 4. The van der Waals surface area contributed by atoms with Gasteiger partial charge in [0.05, 0.1) is 47.6 Å². The summed E-state index contributed by atoms with van der Waals surface area (Å²) in [6.07, 6.45) is 33.9. The molecule has 5 nitrogen and oxygen atoms in total. The maximum atomic E-state index is 7.36. The molecule has 0 N–H and O–H groups in total. The second-order valence-electron chi connectivity index (χ2n) is 18.4. The maximum absolute atomic E-state index is 7.36. The van der Waals surface area contributed by atoms with Crippen LogP contribution >= 0.6 is 0 Å². The van der Waals surface area contributed by atoms with E-state index in [9.17, 15) is 0 Å². The highest BCUT2D eigenvalue weighted by Crippen LogP contribution is 2.36. The predicted molar refractivity (Wildman–Crippen MR) is 273 cm³/mol. The lowest BCUT2D eigenvalue weighted by molar-refractivity contribution is 0.0258. The lowest BCUT2D eigenvalue weighted by atomic mass is 9.99. The molecule has 6 aromatic rings. The first kappa shape index (κ1) is 49.4. The van der Waals surface area contributed by atoms with Crippen molar-refractivity contribution in [1.29, 1.82) is 0 Å². The maximum Gasteiger partial charge on any atom is 0.127 e. The van der Waals surface area contributed by atoms with Crippen LogP contribution in [0.2, 0.25) is 0 Å². The largest absolute Gasteiger partial charge is 0.353 e. The zero-order valence-corrected chi connectivity index (χ0v) is 40.5. The molecule has 0 bridgehead atoms. The Hall–Kier alpha value is -5.00. The zero-order chi connectivity index (χ0) is 45.3. The monoisotopic (exact) mass is 871 g/mol. The van der Waals surface area contributed by atoms with E-state index in [0.717, 1.165) is 70.7 Å². The molecule has 0 radical (unpaired) electrons. The molecule has 0 fully saturated rings. The Morgan fingerprint density at radius 2 is 0.615 bits per heavy atom. The summed E-state index contributed by atoms with van der Waals surface area (Å²) in [5, 5.41) is 0. The van der Waals surface area contributed by atoms with Gasteiger partial charge in [-0.05, 0) is 84.7 Å². The van der Waals surface area contributed by atoms with Crippen LogP contribution in [-0.4, -0.2) is 19.9 Å². The van der Waals surface area contributed by atoms with Crippen molar-refractivity contribution in [2.24, 2.45) is 0 Å². The minimum Gasteiger partial charge on any atom is -0.353 e. The Balaban J connectivity index is 1.29. The molecule has 2 aromatic heterocycles. The van der Waals surface area contributed by atoms with Crippen LogP contribution in [0.15, 0.2) is 122 Å². The van der Waals surface area contributed by atoms with Crippen molar-refractivity contribution in [3.63, 3.8) is 0 Å². The Bertz CT molecular complexity index is 2000. The molecule has 344 valence electrons. The summed E-state index contributed by atoms with van der Waals surface area (Å²) in [6, 6.07) is 35.7. The highest BCUT2D eigenvalue weighted by atomic mass is 16.5. The highest BCUT2D eigenvalue weighted by molar-refractivity contribution is 5.59. The van der Waals surface area contributed by atoms with Crippen LogP contribution in [-0.2, 0) is 30.4 Å². The molecule has 65 heavy (non-hydrogen) atoms. The molecule has 4 aromatic carbocycles. The van der Waals surface area contributed by atoms with Gasteiger partial charge >= 0.3 is 0 Å². The summed E-state index contributed by atoms with van der Waals surface area (Å²) >= 11 is 0. The summed E-state index contributed by atoms with van der Waals surface area (Å²) in [4.78, 5) is 20.2. The molecule has 5 heteroatoms. The second-order valence-corrected chi connectivity index (χ2v) is 18.4. The average molecular weight is 871 g/mol. The minimum atomic E-state index is -0.491. The third kappa shape index (κ3) is 16.1. The Morgan fingerprint density at radius 3 is 0.938 bits per heavy atom. The first-order valence-electron chi connectivity index (χ1n) is 25.7. The van der Waals surface area contributed by atoms with Crippen molar-refractivity contribution in [3.8, 4) is 22.5 Å². The van der Waals surface area contributed by atoms with Crippen molar-refractivity contribution in [2.75, 3.05) is 0 Å². The Morgan fingerprint density at radius 1 is 0.323 bits per heavy atom. The van der Waals surface area contributed by atoms with Crippen LogP contribution in [0.1, 0.15) is 200 Å². The van der Waals surface area contributed by atoms with Crippen molar-refractivity contribution < 1.29 is 4.74 Å². The average Bonchev–Trinajstić information content (AvgIpc) is 3.35. The first-order valence-corrected chi connectivity index (χ1v) is 25.7. The standard InChI is InChI=1S/C60H78N4O/c1-5-9-13-15-17-21-25-49-31-39-53(40-32-49)59(57-45-61-55(43-63-57)51-35-27-47(28-36-51)23-19-11-7-3)65-60(54-41-33-50(34-42-54)26-22-18-16-14-10-6-2)58-46-62-56(44-64-58)52-37-29-48(30-38-52)24-20-12-8-4/h27-46,59-60H,5-26H2,1-4H3. The van der Waals surface area contributed by atoms with Crippen LogP contribution in [0.25, 0.3) is 22.5 Å². The number of hydrogen-bond acceptors (Lipinski definition) is 5. The van der Waals surface area contributed by atoms with Crippen LogP contribution in [0.4, 0.5) is 0 Å². The van der Waals surface area contributed by atoms with Crippen molar-refractivity contribution >= 4 is 0 Å². The van der Waals surface area contributed by atoms with Crippen molar-refractivity contribution in [1.82, 2.24) is 19.9 Å². The van der Waals surface area contributed by atoms with Gasteiger partial charge in [0, 0.05) is 11.1 Å². The molecule has 6 rings (SSSR count). The van der Waals surface area contributed by atoms with Crippen molar-refractivity contribution in [2.45, 2.75) is 181 Å². The van der Waals surface area contributed by atoms with Gasteiger partial charge in [-0.3, -0.25) is 19.9 Å². The smallest absolute Gasteiger partial charge is 0.127 e. The molecule has 0 saturated carbocycles. The number of aromatic nitrogens is 4. The number of benzene rings is 4. The lowest BCUT2D eigenvalue weighted by Crippen LogP contribution is -2.16. The fraction of sp³-hybridized carbons (Fsp3) is 0.467. The summed E-state index contributed by atoms with van der Waals surface area (Å²) < 4.78 is 7.36. The van der Waals surface area contributed by atoms with E-state index in [2.05, 4.69) is 125 Å². The molecule has 0 aliphatic carbocycles. The fourth-order valence-corrected chi connectivity index (χ4v) is 8.80. The SMILES string of the molecule is CCCCCCCCc1ccc(C(OC(c2ccc(CCCCCCCC)cc2)c2cnc(-c3ccc(CCCCC)cc3)cn2)c2cnc(-c3ccc(CCCCC)cc3)cn2)cc1. The molecule has 0 aliphatic heterocycles. The number of rotatable bonds is 30. The third-order valence-corrected chi connectivity index (χ3v) is 13.0. The van der Waals surface area contributed by atoms with Crippen molar-refractivity contribution in [3.05, 3.63) is 167 Å². The number of unbranched alkanes of at least 4 members (excludes halogenated alkanes) is 14. The fourth-order valence-electron chi connectivity index (χ4n) is 8.80. The molecule has 0 saturated heterocycles. The van der Waals surface area contributed by atoms with Gasteiger partial charge in [0.2, 0.25) is 0 Å². The van der Waals surface area contributed by atoms with Gasteiger partial charge in [-0.25, -0.2) is 0 Å². The van der Waals surface area contributed by atoms with E-state index in [0.29, 0.717) is 0 Å². The summed E-state index contributed by atoms with van der Waals surface area (Å²) in [5.41, 5.74) is 12.9. The van der Waals surface area contributed by atoms with Crippen LogP contribution in [0.3, 0.4) is 0 Å². The molecule has 0 spiro atoms. The van der Waals surface area contributed by atoms with Gasteiger partial charge in [0.15, 0.2) is 0 Å². The van der Waals surface area contributed by atoms with E-state index in [1.54, 1.807) is 0 Å². The van der Waals surface area contributed by atoms with E-state index >= 15 is 0 Å². The minimum absolute atomic E-state index is 0.491. The summed E-state index contributed by atoms with van der Waals surface area (Å²) in [6.45, 7) is 9.06. The molecule has 0 aliphatic rings. The summed E-state index contributed by atoms with van der Waals surface area (Å²) in [7, 11) is 0. The van der Waals surface area contributed by atoms with Gasteiger partial charge in [-0.2, -0.15) is 0 Å². The number of hydrogen-bond donors (Lipinski definition) is 0. The lowest BCUT2D eigenvalue weighted by Gasteiger charge is -2.25. The van der Waals surface area contributed by atoms with Gasteiger partial charge in [0.25, 0.3) is 0 Å². The third-order valence-electron chi connectivity index (χ3n) is 13.0. The van der Waals surface area contributed by atoms with Gasteiger partial charge in [0.1, 0.15) is 12.2 Å². The van der Waals surface area contributed by atoms with E-state index in [1.165, 1.54) is 138 Å². The Kier molecular flexibility index (Phi) is 21.4. The van der Waals surface area contributed by atoms with Gasteiger partial charge in [-0.15, -0.1) is 0 Å². The first-order chi connectivity index (χ1) is 32.1. The number of aryl methyl sites for hydroxylation is 4.